The van der Waals surface area contributed by atoms with Crippen LogP contribution in [0.1, 0.15) is 24.8 Å². The Bertz CT molecular complexity index is 424. The fourth-order valence-corrected chi connectivity index (χ4v) is 1.98. The number of aryl methyl sites for hydroxylation is 1. The normalized spacial score (nSPS) is 13.3. The average molecular weight is 226 g/mol. The van der Waals surface area contributed by atoms with E-state index in [1.54, 1.807) is 0 Å². The summed E-state index contributed by atoms with van der Waals surface area (Å²) in [5.41, 5.74) is 2.34. The Balaban J connectivity index is 1.72. The molecule has 0 amide bonds. The van der Waals surface area contributed by atoms with E-state index in [1.807, 2.05) is 30.4 Å². The van der Waals surface area contributed by atoms with Gasteiger partial charge in [-0.2, -0.15) is 0 Å². The van der Waals surface area contributed by atoms with Gasteiger partial charge in [0.1, 0.15) is 0 Å². The van der Waals surface area contributed by atoms with Gasteiger partial charge in [0.05, 0.1) is 5.76 Å². The summed E-state index contributed by atoms with van der Waals surface area (Å²) in [7, 11) is 0. The van der Waals surface area contributed by atoms with Crippen molar-refractivity contribution in [3.63, 3.8) is 0 Å². The summed E-state index contributed by atoms with van der Waals surface area (Å²) in [5.74, 6) is 0.517. The molecule has 0 aromatic heterocycles. The number of aliphatic hydroxyl groups is 1. The maximum Gasteiger partial charge on any atom is 0.0994 e. The molecule has 0 unspecified atom stereocenters. The standard InChI is InChI=1S/C16H18O/c17-16(15-11-5-6-12-15)13-7-4-10-14-8-2-1-3-9-14/h1-3,5-6,8-9,11-12,17H,4,7,10,13H2. The molecule has 1 heteroatoms. The van der Waals surface area contributed by atoms with Gasteiger partial charge in [0.2, 0.25) is 0 Å². The predicted molar refractivity (Wildman–Crippen MR) is 71.9 cm³/mol. The van der Waals surface area contributed by atoms with E-state index in [-0.39, 0.29) is 0 Å². The molecule has 0 saturated carbocycles. The summed E-state index contributed by atoms with van der Waals surface area (Å²) in [6.07, 6.45) is 11.8. The van der Waals surface area contributed by atoms with E-state index in [0.717, 1.165) is 31.3 Å². The molecule has 0 saturated heterocycles. The van der Waals surface area contributed by atoms with E-state index in [9.17, 15) is 5.11 Å². The minimum absolute atomic E-state index is 0.517. The number of allylic oxidation sites excluding steroid dienone is 6. The van der Waals surface area contributed by atoms with Crippen LogP contribution in [0.3, 0.4) is 0 Å². The summed E-state index contributed by atoms with van der Waals surface area (Å²) in [6, 6.07) is 10.5. The first kappa shape index (κ1) is 11.7. The van der Waals surface area contributed by atoms with E-state index in [0.29, 0.717) is 5.76 Å². The van der Waals surface area contributed by atoms with Crippen LogP contribution >= 0.6 is 0 Å². The third-order valence-corrected chi connectivity index (χ3v) is 2.97. The van der Waals surface area contributed by atoms with Gasteiger partial charge in [-0.3, -0.25) is 0 Å². The Morgan fingerprint density at radius 2 is 1.65 bits per heavy atom. The minimum atomic E-state index is 0.517. The molecule has 17 heavy (non-hydrogen) atoms. The number of unbranched alkanes of at least 4 members (excludes halogenated alkanes) is 1. The lowest BCUT2D eigenvalue weighted by Gasteiger charge is -2.03. The van der Waals surface area contributed by atoms with Crippen molar-refractivity contribution in [2.75, 3.05) is 0 Å². The number of hydrogen-bond donors (Lipinski definition) is 1. The second-order valence-corrected chi connectivity index (χ2v) is 4.31. The van der Waals surface area contributed by atoms with Crippen molar-refractivity contribution in [1.29, 1.82) is 0 Å². The van der Waals surface area contributed by atoms with Crippen molar-refractivity contribution in [3.8, 4) is 0 Å². The van der Waals surface area contributed by atoms with E-state index in [1.165, 1.54) is 5.56 Å². The summed E-state index contributed by atoms with van der Waals surface area (Å²) >= 11 is 0. The number of hydrogen-bond acceptors (Lipinski definition) is 1. The largest absolute Gasteiger partial charge is 0.512 e. The van der Waals surface area contributed by atoms with Gasteiger partial charge in [0, 0.05) is 12.0 Å². The van der Waals surface area contributed by atoms with Gasteiger partial charge in [0.25, 0.3) is 0 Å². The van der Waals surface area contributed by atoms with Crippen LogP contribution in [0.5, 0.6) is 0 Å². The van der Waals surface area contributed by atoms with Crippen molar-refractivity contribution in [2.45, 2.75) is 25.7 Å². The smallest absolute Gasteiger partial charge is 0.0994 e. The lowest BCUT2D eigenvalue weighted by atomic mass is 10.1. The van der Waals surface area contributed by atoms with E-state index >= 15 is 0 Å². The Kier molecular flexibility index (Phi) is 4.20. The van der Waals surface area contributed by atoms with Gasteiger partial charge >= 0.3 is 0 Å². The summed E-state index contributed by atoms with van der Waals surface area (Å²) in [4.78, 5) is 0. The Morgan fingerprint density at radius 3 is 2.35 bits per heavy atom. The molecule has 0 radical (unpaired) electrons. The van der Waals surface area contributed by atoms with E-state index < -0.39 is 0 Å². The van der Waals surface area contributed by atoms with Crippen LogP contribution in [-0.4, -0.2) is 5.11 Å². The molecule has 0 heterocycles. The fourth-order valence-electron chi connectivity index (χ4n) is 1.98. The van der Waals surface area contributed by atoms with Crippen LogP contribution in [0.25, 0.3) is 0 Å². The van der Waals surface area contributed by atoms with Crippen LogP contribution in [0, 0.1) is 0 Å². The SMILES string of the molecule is OC(CCCCc1ccccc1)=C1C=CC=C1. The second kappa shape index (κ2) is 6.09. The first-order chi connectivity index (χ1) is 8.36. The molecule has 1 aromatic carbocycles. The van der Waals surface area contributed by atoms with Crippen molar-refractivity contribution in [2.24, 2.45) is 0 Å². The molecule has 0 spiro atoms. The zero-order valence-electron chi connectivity index (χ0n) is 9.97. The quantitative estimate of drug-likeness (QED) is 0.585. The number of aliphatic hydroxyl groups excluding tert-OH is 1. The molecule has 1 N–H and O–H groups in total. The van der Waals surface area contributed by atoms with Gasteiger partial charge < -0.3 is 5.11 Å². The third-order valence-electron chi connectivity index (χ3n) is 2.97. The average Bonchev–Trinajstić information content (AvgIpc) is 2.89. The Labute approximate surface area is 103 Å². The number of benzene rings is 1. The van der Waals surface area contributed by atoms with Crippen LogP contribution in [-0.2, 0) is 6.42 Å². The Morgan fingerprint density at radius 1 is 0.941 bits per heavy atom. The summed E-state index contributed by atoms with van der Waals surface area (Å²) in [5, 5.41) is 9.82. The highest BCUT2D eigenvalue weighted by atomic mass is 16.3. The number of rotatable bonds is 5. The van der Waals surface area contributed by atoms with Crippen molar-refractivity contribution >= 4 is 0 Å². The van der Waals surface area contributed by atoms with Crippen LogP contribution in [0.4, 0.5) is 0 Å². The molecule has 1 aliphatic carbocycles. The zero-order valence-corrected chi connectivity index (χ0v) is 9.97. The Hall–Kier alpha value is -1.76. The van der Waals surface area contributed by atoms with Gasteiger partial charge in [-0.05, 0) is 24.8 Å². The highest BCUT2D eigenvalue weighted by Crippen LogP contribution is 2.17. The maximum atomic E-state index is 9.82. The molecular weight excluding hydrogens is 208 g/mol. The fraction of sp³-hybridized carbons (Fsp3) is 0.250. The monoisotopic (exact) mass is 226 g/mol. The first-order valence-electron chi connectivity index (χ1n) is 6.17. The second-order valence-electron chi connectivity index (χ2n) is 4.31. The third kappa shape index (κ3) is 3.63. The predicted octanol–water partition coefficient (Wildman–Crippen LogP) is 4.34. The highest BCUT2D eigenvalue weighted by Gasteiger charge is 2.02. The van der Waals surface area contributed by atoms with Gasteiger partial charge in [0.15, 0.2) is 0 Å². The topological polar surface area (TPSA) is 20.2 Å². The molecule has 0 atom stereocenters. The molecular formula is C16H18O. The molecule has 0 bridgehead atoms. The zero-order chi connectivity index (χ0) is 11.9. The molecule has 0 aliphatic heterocycles. The molecule has 1 nitrogen and oxygen atoms in total. The minimum Gasteiger partial charge on any atom is -0.512 e. The van der Waals surface area contributed by atoms with E-state index in [4.69, 9.17) is 0 Å². The van der Waals surface area contributed by atoms with Crippen molar-refractivity contribution in [3.05, 3.63) is 71.5 Å². The molecule has 2 rings (SSSR count). The molecule has 88 valence electrons. The first-order valence-corrected chi connectivity index (χ1v) is 6.17. The molecule has 1 aromatic rings. The van der Waals surface area contributed by atoms with Crippen LogP contribution < -0.4 is 0 Å². The maximum absolute atomic E-state index is 9.82. The summed E-state index contributed by atoms with van der Waals surface area (Å²) in [6.45, 7) is 0. The van der Waals surface area contributed by atoms with Crippen molar-refractivity contribution in [1.82, 2.24) is 0 Å². The lowest BCUT2D eigenvalue weighted by Crippen LogP contribution is -1.89. The molecule has 1 aliphatic rings. The van der Waals surface area contributed by atoms with E-state index in [2.05, 4.69) is 24.3 Å². The van der Waals surface area contributed by atoms with Gasteiger partial charge in [-0.15, -0.1) is 0 Å². The van der Waals surface area contributed by atoms with Crippen LogP contribution in [0.15, 0.2) is 66.0 Å². The van der Waals surface area contributed by atoms with Crippen LogP contribution in [0.2, 0.25) is 0 Å². The lowest BCUT2D eigenvalue weighted by molar-refractivity contribution is 0.378. The summed E-state index contributed by atoms with van der Waals surface area (Å²) < 4.78 is 0. The molecule has 0 fully saturated rings. The van der Waals surface area contributed by atoms with Gasteiger partial charge in [-0.25, -0.2) is 0 Å². The van der Waals surface area contributed by atoms with Crippen molar-refractivity contribution < 1.29 is 5.11 Å². The highest BCUT2D eigenvalue weighted by molar-refractivity contribution is 5.41. The van der Waals surface area contributed by atoms with Gasteiger partial charge in [-0.1, -0.05) is 54.6 Å².